The van der Waals surface area contributed by atoms with Crippen molar-refractivity contribution < 1.29 is 0 Å². The number of rotatable bonds is 2. The van der Waals surface area contributed by atoms with E-state index in [0.29, 0.717) is 0 Å². The number of aromatic nitrogens is 3. The number of aryl methyl sites for hydroxylation is 1. The summed E-state index contributed by atoms with van der Waals surface area (Å²) in [5.74, 6) is 0. The van der Waals surface area contributed by atoms with Gasteiger partial charge < -0.3 is 0 Å². The molecule has 3 heteroatoms. The van der Waals surface area contributed by atoms with Crippen LogP contribution in [-0.4, -0.2) is 15.4 Å². The van der Waals surface area contributed by atoms with Gasteiger partial charge in [-0.3, -0.25) is 0 Å². The topological polar surface area (TPSA) is 41.6 Å². The van der Waals surface area contributed by atoms with Crippen molar-refractivity contribution in [2.75, 3.05) is 0 Å². The van der Waals surface area contributed by atoms with Crippen LogP contribution in [0.5, 0.6) is 0 Å². The number of H-pyrrole nitrogens is 1. The lowest BCUT2D eigenvalue weighted by Crippen LogP contribution is -1.94. The molecule has 0 bridgehead atoms. The van der Waals surface area contributed by atoms with E-state index >= 15 is 0 Å². The van der Waals surface area contributed by atoms with Crippen LogP contribution >= 0.6 is 0 Å². The van der Waals surface area contributed by atoms with Crippen LogP contribution in [0.15, 0.2) is 5.57 Å². The molecule has 1 heterocycles. The molecule has 3 nitrogen and oxygen atoms in total. The molecule has 1 aromatic heterocycles. The summed E-state index contributed by atoms with van der Waals surface area (Å²) in [5.41, 5.74) is 5.22. The van der Waals surface area contributed by atoms with Crippen LogP contribution in [0.4, 0.5) is 0 Å². The van der Waals surface area contributed by atoms with Gasteiger partial charge in [0.2, 0.25) is 0 Å². The zero-order valence-electron chi connectivity index (χ0n) is 8.60. The molecule has 0 unspecified atom stereocenters. The van der Waals surface area contributed by atoms with E-state index in [9.17, 15) is 0 Å². The molecular formula is C10H15N3. The lowest BCUT2D eigenvalue weighted by molar-refractivity contribution is 0.709. The van der Waals surface area contributed by atoms with Crippen molar-refractivity contribution in [2.45, 2.75) is 34.1 Å². The van der Waals surface area contributed by atoms with Crippen molar-refractivity contribution in [3.05, 3.63) is 17.0 Å². The summed E-state index contributed by atoms with van der Waals surface area (Å²) in [6.07, 6.45) is 0.943. The number of hydrogen-bond acceptors (Lipinski definition) is 2. The SMILES string of the molecule is CCc1n[nH]nc1C1=C(C)C1(C)C. The highest BCUT2D eigenvalue weighted by Crippen LogP contribution is 2.57. The third kappa shape index (κ3) is 1.03. The van der Waals surface area contributed by atoms with E-state index in [-0.39, 0.29) is 5.41 Å². The molecule has 0 saturated heterocycles. The normalized spacial score (nSPS) is 19.4. The average molecular weight is 177 g/mol. The minimum absolute atomic E-state index is 0.251. The lowest BCUT2D eigenvalue weighted by atomic mass is 10.0. The Kier molecular flexibility index (Phi) is 1.59. The molecule has 70 valence electrons. The smallest absolute Gasteiger partial charge is 0.112 e. The fraction of sp³-hybridized carbons (Fsp3) is 0.600. The van der Waals surface area contributed by atoms with Crippen LogP contribution in [0.3, 0.4) is 0 Å². The molecule has 1 aliphatic rings. The van der Waals surface area contributed by atoms with Crippen LogP contribution < -0.4 is 0 Å². The van der Waals surface area contributed by atoms with Crippen LogP contribution in [0, 0.1) is 5.41 Å². The number of hydrogen-bond donors (Lipinski definition) is 1. The summed E-state index contributed by atoms with van der Waals surface area (Å²) in [6, 6.07) is 0. The third-order valence-electron chi connectivity index (χ3n) is 3.07. The van der Waals surface area contributed by atoms with Gasteiger partial charge in [0.1, 0.15) is 5.69 Å². The van der Waals surface area contributed by atoms with Crippen molar-refractivity contribution in [3.63, 3.8) is 0 Å². The molecule has 0 radical (unpaired) electrons. The minimum Gasteiger partial charge on any atom is -0.197 e. The summed E-state index contributed by atoms with van der Waals surface area (Å²) >= 11 is 0. The van der Waals surface area contributed by atoms with Crippen LogP contribution in [0.1, 0.15) is 39.1 Å². The van der Waals surface area contributed by atoms with Crippen LogP contribution in [-0.2, 0) is 6.42 Å². The van der Waals surface area contributed by atoms with E-state index < -0.39 is 0 Å². The Bertz CT molecular complexity index is 371. The Morgan fingerprint density at radius 1 is 1.31 bits per heavy atom. The van der Waals surface area contributed by atoms with Gasteiger partial charge in [0.05, 0.1) is 5.69 Å². The molecule has 13 heavy (non-hydrogen) atoms. The predicted octanol–water partition coefficient (Wildman–Crippen LogP) is 2.18. The standard InChI is InChI=1S/C10H15N3/c1-5-7-9(12-13-11-7)8-6(2)10(8,3)4/h5H2,1-4H3,(H,11,12,13). The maximum absolute atomic E-state index is 4.20. The summed E-state index contributed by atoms with van der Waals surface area (Å²) in [5, 5.41) is 11.0. The summed E-state index contributed by atoms with van der Waals surface area (Å²) in [7, 11) is 0. The van der Waals surface area contributed by atoms with Crippen LogP contribution in [0.2, 0.25) is 0 Å². The first kappa shape index (κ1) is 8.48. The van der Waals surface area contributed by atoms with Crippen molar-refractivity contribution in [3.8, 4) is 0 Å². The van der Waals surface area contributed by atoms with E-state index in [1.807, 2.05) is 0 Å². The van der Waals surface area contributed by atoms with Crippen molar-refractivity contribution >= 4 is 5.57 Å². The third-order valence-corrected chi connectivity index (χ3v) is 3.07. The van der Waals surface area contributed by atoms with E-state index in [0.717, 1.165) is 17.8 Å². The van der Waals surface area contributed by atoms with Crippen molar-refractivity contribution in [1.29, 1.82) is 0 Å². The minimum atomic E-state index is 0.251. The van der Waals surface area contributed by atoms with Gasteiger partial charge in [-0.1, -0.05) is 26.3 Å². The zero-order chi connectivity index (χ0) is 9.64. The summed E-state index contributed by atoms with van der Waals surface area (Å²) in [6.45, 7) is 8.73. The Morgan fingerprint density at radius 2 is 1.92 bits per heavy atom. The molecule has 1 aliphatic carbocycles. The van der Waals surface area contributed by atoms with E-state index in [1.165, 1.54) is 11.1 Å². The van der Waals surface area contributed by atoms with E-state index in [1.54, 1.807) is 0 Å². The number of allylic oxidation sites excluding steroid dienone is 2. The molecule has 0 atom stereocenters. The predicted molar refractivity (Wildman–Crippen MR) is 52.1 cm³/mol. The summed E-state index contributed by atoms with van der Waals surface area (Å²) < 4.78 is 0. The highest BCUT2D eigenvalue weighted by molar-refractivity contribution is 5.87. The molecule has 0 aromatic carbocycles. The molecule has 0 fully saturated rings. The Balaban J connectivity index is 2.39. The van der Waals surface area contributed by atoms with Gasteiger partial charge in [0, 0.05) is 5.41 Å². The first-order valence-corrected chi connectivity index (χ1v) is 4.71. The summed E-state index contributed by atoms with van der Waals surface area (Å²) in [4.78, 5) is 0. The van der Waals surface area contributed by atoms with E-state index in [2.05, 4.69) is 43.1 Å². The van der Waals surface area contributed by atoms with Gasteiger partial charge in [-0.15, -0.1) is 0 Å². The highest BCUT2D eigenvalue weighted by Gasteiger charge is 2.44. The fourth-order valence-corrected chi connectivity index (χ4v) is 1.83. The first-order valence-electron chi connectivity index (χ1n) is 4.71. The van der Waals surface area contributed by atoms with Gasteiger partial charge in [0.25, 0.3) is 0 Å². The average Bonchev–Trinajstić information content (AvgIpc) is 2.54. The van der Waals surface area contributed by atoms with Gasteiger partial charge in [0.15, 0.2) is 0 Å². The Morgan fingerprint density at radius 3 is 2.38 bits per heavy atom. The monoisotopic (exact) mass is 177 g/mol. The quantitative estimate of drug-likeness (QED) is 0.752. The molecule has 1 N–H and O–H groups in total. The molecular weight excluding hydrogens is 162 g/mol. The first-order chi connectivity index (χ1) is 6.09. The molecule has 0 amide bonds. The molecule has 1 aromatic rings. The molecule has 2 rings (SSSR count). The second-order valence-electron chi connectivity index (χ2n) is 4.10. The number of nitrogens with zero attached hydrogens (tertiary/aromatic N) is 2. The highest BCUT2D eigenvalue weighted by atomic mass is 15.3. The molecule has 0 spiro atoms. The number of nitrogens with one attached hydrogen (secondary N) is 1. The largest absolute Gasteiger partial charge is 0.197 e. The fourth-order valence-electron chi connectivity index (χ4n) is 1.83. The Hall–Kier alpha value is -1.12. The molecule has 0 aliphatic heterocycles. The van der Waals surface area contributed by atoms with Crippen LogP contribution in [0.25, 0.3) is 5.57 Å². The van der Waals surface area contributed by atoms with Gasteiger partial charge >= 0.3 is 0 Å². The van der Waals surface area contributed by atoms with Crippen molar-refractivity contribution in [2.24, 2.45) is 5.41 Å². The van der Waals surface area contributed by atoms with Crippen molar-refractivity contribution in [1.82, 2.24) is 15.4 Å². The Labute approximate surface area is 78.2 Å². The van der Waals surface area contributed by atoms with E-state index in [4.69, 9.17) is 0 Å². The maximum atomic E-state index is 4.20. The van der Waals surface area contributed by atoms with Gasteiger partial charge in [-0.05, 0) is 18.9 Å². The number of aromatic amines is 1. The second-order valence-corrected chi connectivity index (χ2v) is 4.10. The second kappa shape index (κ2) is 2.44. The zero-order valence-corrected chi connectivity index (χ0v) is 8.60. The van der Waals surface area contributed by atoms with Gasteiger partial charge in [-0.2, -0.15) is 15.4 Å². The lowest BCUT2D eigenvalue weighted by Gasteiger charge is -2.02. The molecule has 0 saturated carbocycles. The maximum Gasteiger partial charge on any atom is 0.112 e. The van der Waals surface area contributed by atoms with Gasteiger partial charge in [-0.25, -0.2) is 0 Å².